The predicted molar refractivity (Wildman–Crippen MR) is 85.8 cm³/mol. The lowest BCUT2D eigenvalue weighted by molar-refractivity contribution is 0.0637. The van der Waals surface area contributed by atoms with Crippen molar-refractivity contribution in [2.24, 2.45) is 5.92 Å². The first-order valence-electron chi connectivity index (χ1n) is 7.79. The third-order valence-electron chi connectivity index (χ3n) is 4.23. The minimum Gasteiger partial charge on any atom is -0.338 e. The molecule has 1 atom stereocenters. The molecule has 1 aliphatic rings. The molecule has 3 nitrogen and oxygen atoms in total. The van der Waals surface area contributed by atoms with E-state index in [2.05, 4.69) is 0 Å². The maximum atomic E-state index is 13.0. The van der Waals surface area contributed by atoms with E-state index in [1.165, 1.54) is 24.3 Å². The molecule has 118 valence electrons. The first-order chi connectivity index (χ1) is 11.1. The monoisotopic (exact) mass is 311 g/mol. The van der Waals surface area contributed by atoms with Gasteiger partial charge >= 0.3 is 0 Å². The lowest BCUT2D eigenvalue weighted by atomic mass is 9.89. The Hall–Kier alpha value is -2.49. The Morgan fingerprint density at radius 2 is 1.65 bits per heavy atom. The topological polar surface area (TPSA) is 37.4 Å². The summed E-state index contributed by atoms with van der Waals surface area (Å²) in [5.41, 5.74) is 1.15. The highest BCUT2D eigenvalue weighted by Gasteiger charge is 2.29. The summed E-state index contributed by atoms with van der Waals surface area (Å²) in [5.74, 6) is -0.592. The van der Waals surface area contributed by atoms with Gasteiger partial charge in [0.05, 0.1) is 0 Å². The van der Waals surface area contributed by atoms with Gasteiger partial charge in [-0.3, -0.25) is 9.59 Å². The zero-order valence-electron chi connectivity index (χ0n) is 12.7. The van der Waals surface area contributed by atoms with Crippen molar-refractivity contribution in [3.05, 3.63) is 71.5 Å². The van der Waals surface area contributed by atoms with Crippen LogP contribution in [0.2, 0.25) is 0 Å². The average molecular weight is 311 g/mol. The van der Waals surface area contributed by atoms with Crippen molar-refractivity contribution in [3.8, 4) is 0 Å². The number of carbonyl (C=O) groups excluding carboxylic acids is 2. The van der Waals surface area contributed by atoms with E-state index in [9.17, 15) is 14.0 Å². The van der Waals surface area contributed by atoms with Gasteiger partial charge in [0.2, 0.25) is 0 Å². The van der Waals surface area contributed by atoms with Crippen LogP contribution in [0.5, 0.6) is 0 Å². The van der Waals surface area contributed by atoms with Crippen molar-refractivity contribution in [1.29, 1.82) is 0 Å². The number of amides is 1. The molecule has 2 aromatic carbocycles. The number of rotatable bonds is 3. The lowest BCUT2D eigenvalue weighted by Crippen LogP contribution is -2.42. The van der Waals surface area contributed by atoms with Gasteiger partial charge in [-0.1, -0.05) is 30.3 Å². The molecule has 0 spiro atoms. The Morgan fingerprint density at radius 1 is 0.957 bits per heavy atom. The second-order valence-electron chi connectivity index (χ2n) is 5.83. The number of Topliss-reactive ketones (excluding diaryl/α,β-unsaturated/α-hetero) is 1. The SMILES string of the molecule is O=C(c1ccccc1)C1CCCN(C(=O)c2ccc(F)cc2)C1. The van der Waals surface area contributed by atoms with Crippen molar-refractivity contribution >= 4 is 11.7 Å². The van der Waals surface area contributed by atoms with E-state index in [0.717, 1.165) is 12.8 Å². The zero-order valence-corrected chi connectivity index (χ0v) is 12.7. The number of carbonyl (C=O) groups is 2. The Kier molecular flexibility index (Phi) is 4.51. The standard InChI is InChI=1S/C19H18FNO2/c20-17-10-8-15(9-11-17)19(23)21-12-4-7-16(13-21)18(22)14-5-2-1-3-6-14/h1-3,5-6,8-11,16H,4,7,12-13H2. The van der Waals surface area contributed by atoms with Gasteiger partial charge in [0, 0.05) is 30.1 Å². The summed E-state index contributed by atoms with van der Waals surface area (Å²) in [7, 11) is 0. The van der Waals surface area contributed by atoms with Crippen molar-refractivity contribution in [2.45, 2.75) is 12.8 Å². The third kappa shape index (κ3) is 3.47. The number of benzene rings is 2. The van der Waals surface area contributed by atoms with E-state index >= 15 is 0 Å². The summed E-state index contributed by atoms with van der Waals surface area (Å²) in [6.07, 6.45) is 1.59. The van der Waals surface area contributed by atoms with Gasteiger partial charge in [-0.15, -0.1) is 0 Å². The van der Waals surface area contributed by atoms with Crippen LogP contribution in [0.3, 0.4) is 0 Å². The van der Waals surface area contributed by atoms with E-state index in [0.29, 0.717) is 24.2 Å². The van der Waals surface area contributed by atoms with Crippen molar-refractivity contribution in [2.75, 3.05) is 13.1 Å². The molecule has 0 saturated carbocycles. The Labute approximate surface area is 134 Å². The Morgan fingerprint density at radius 3 is 2.35 bits per heavy atom. The number of likely N-dealkylation sites (tertiary alicyclic amines) is 1. The molecule has 0 aromatic heterocycles. The first kappa shape index (κ1) is 15.4. The fourth-order valence-electron chi connectivity index (χ4n) is 2.99. The van der Waals surface area contributed by atoms with Crippen molar-refractivity contribution in [1.82, 2.24) is 4.90 Å². The Bertz CT molecular complexity index is 697. The molecule has 2 aromatic rings. The van der Waals surface area contributed by atoms with Gasteiger partial charge in [-0.05, 0) is 37.1 Å². The van der Waals surface area contributed by atoms with Gasteiger partial charge in [-0.25, -0.2) is 4.39 Å². The predicted octanol–water partition coefficient (Wildman–Crippen LogP) is 3.56. The first-order valence-corrected chi connectivity index (χ1v) is 7.79. The number of piperidine rings is 1. The van der Waals surface area contributed by atoms with E-state index in [1.807, 2.05) is 30.3 Å². The highest BCUT2D eigenvalue weighted by molar-refractivity contribution is 5.99. The minimum absolute atomic E-state index is 0.0854. The summed E-state index contributed by atoms with van der Waals surface area (Å²) in [6, 6.07) is 14.7. The molecule has 0 radical (unpaired) electrons. The molecular weight excluding hydrogens is 293 g/mol. The fraction of sp³-hybridized carbons (Fsp3) is 0.263. The number of hydrogen-bond acceptors (Lipinski definition) is 2. The van der Waals surface area contributed by atoms with E-state index < -0.39 is 0 Å². The molecule has 23 heavy (non-hydrogen) atoms. The van der Waals surface area contributed by atoms with Gasteiger partial charge in [0.1, 0.15) is 5.82 Å². The Balaban J connectivity index is 1.72. The van der Waals surface area contributed by atoms with Crippen LogP contribution < -0.4 is 0 Å². The van der Waals surface area contributed by atoms with Crippen molar-refractivity contribution < 1.29 is 14.0 Å². The van der Waals surface area contributed by atoms with Gasteiger partial charge < -0.3 is 4.90 Å². The van der Waals surface area contributed by atoms with Crippen LogP contribution >= 0.6 is 0 Å². The van der Waals surface area contributed by atoms with Crippen LogP contribution in [-0.4, -0.2) is 29.7 Å². The highest BCUT2D eigenvalue weighted by Crippen LogP contribution is 2.22. The number of halogens is 1. The maximum absolute atomic E-state index is 13.0. The van der Waals surface area contributed by atoms with Gasteiger partial charge in [0.25, 0.3) is 5.91 Å². The second kappa shape index (κ2) is 6.73. The molecule has 1 amide bonds. The van der Waals surface area contributed by atoms with E-state index in [1.54, 1.807) is 4.90 Å². The van der Waals surface area contributed by atoms with E-state index in [4.69, 9.17) is 0 Å². The molecule has 1 saturated heterocycles. The molecule has 1 unspecified atom stereocenters. The molecule has 3 rings (SSSR count). The molecule has 0 aliphatic carbocycles. The minimum atomic E-state index is -0.364. The summed E-state index contributed by atoms with van der Waals surface area (Å²) in [4.78, 5) is 26.8. The lowest BCUT2D eigenvalue weighted by Gasteiger charge is -2.32. The van der Waals surface area contributed by atoms with Gasteiger partial charge in [0.15, 0.2) is 5.78 Å². The van der Waals surface area contributed by atoms with Crippen LogP contribution in [0.4, 0.5) is 4.39 Å². The molecule has 1 fully saturated rings. The van der Waals surface area contributed by atoms with Crippen molar-refractivity contribution in [3.63, 3.8) is 0 Å². The highest BCUT2D eigenvalue weighted by atomic mass is 19.1. The van der Waals surface area contributed by atoms with Crippen LogP contribution in [0.25, 0.3) is 0 Å². The molecule has 1 heterocycles. The molecule has 0 bridgehead atoms. The largest absolute Gasteiger partial charge is 0.338 e. The summed E-state index contributed by atoms with van der Waals surface area (Å²) < 4.78 is 13.0. The molecule has 1 aliphatic heterocycles. The average Bonchev–Trinajstić information content (AvgIpc) is 2.62. The van der Waals surface area contributed by atoms with Crippen LogP contribution in [0.1, 0.15) is 33.6 Å². The normalized spacial score (nSPS) is 17.8. The summed E-state index contributed by atoms with van der Waals surface area (Å²) in [5, 5.41) is 0. The molecular formula is C19H18FNO2. The van der Waals surface area contributed by atoms with Crippen LogP contribution in [0, 0.1) is 11.7 Å². The molecule has 0 N–H and O–H groups in total. The smallest absolute Gasteiger partial charge is 0.253 e. The van der Waals surface area contributed by atoms with E-state index in [-0.39, 0.29) is 23.4 Å². The van der Waals surface area contributed by atoms with Crippen LogP contribution in [-0.2, 0) is 0 Å². The summed E-state index contributed by atoms with van der Waals surface area (Å²) in [6.45, 7) is 1.05. The number of ketones is 1. The van der Waals surface area contributed by atoms with Crippen LogP contribution in [0.15, 0.2) is 54.6 Å². The quantitative estimate of drug-likeness (QED) is 0.813. The second-order valence-corrected chi connectivity index (χ2v) is 5.83. The fourth-order valence-corrected chi connectivity index (χ4v) is 2.99. The zero-order chi connectivity index (χ0) is 16.2. The third-order valence-corrected chi connectivity index (χ3v) is 4.23. The number of hydrogen-bond donors (Lipinski definition) is 0. The molecule has 4 heteroatoms. The maximum Gasteiger partial charge on any atom is 0.253 e. The number of nitrogens with zero attached hydrogens (tertiary/aromatic N) is 1. The summed E-state index contributed by atoms with van der Waals surface area (Å²) >= 11 is 0. The van der Waals surface area contributed by atoms with Gasteiger partial charge in [-0.2, -0.15) is 0 Å².